The summed E-state index contributed by atoms with van der Waals surface area (Å²) in [6.07, 6.45) is 0. The molecule has 8 nitrogen and oxygen atoms in total. The van der Waals surface area contributed by atoms with Crippen molar-refractivity contribution in [2.75, 3.05) is 40.4 Å². The van der Waals surface area contributed by atoms with Crippen molar-refractivity contribution in [1.29, 1.82) is 0 Å². The molecule has 0 saturated carbocycles. The molecule has 3 rings (SSSR count). The van der Waals surface area contributed by atoms with Gasteiger partial charge < -0.3 is 14.0 Å². The molecule has 0 unspecified atom stereocenters. The molecule has 2 heterocycles. The molecule has 142 valence electrons. The number of benzene rings is 1. The molecule has 1 aromatic carbocycles. The summed E-state index contributed by atoms with van der Waals surface area (Å²) >= 11 is 0. The van der Waals surface area contributed by atoms with E-state index in [1.165, 1.54) is 24.6 Å². The van der Waals surface area contributed by atoms with Gasteiger partial charge in [0.05, 0.1) is 24.8 Å². The third-order valence-corrected chi connectivity index (χ3v) is 6.28. The van der Waals surface area contributed by atoms with E-state index < -0.39 is 10.0 Å². The number of nitrogens with zero attached hydrogens (tertiary/aromatic N) is 3. The van der Waals surface area contributed by atoms with E-state index >= 15 is 0 Å². The number of hydrogen-bond donors (Lipinski definition) is 0. The van der Waals surface area contributed by atoms with Crippen LogP contribution in [0, 0.1) is 6.92 Å². The van der Waals surface area contributed by atoms with E-state index in [-0.39, 0.29) is 4.90 Å². The van der Waals surface area contributed by atoms with E-state index in [1.54, 1.807) is 12.1 Å². The molecule has 0 bridgehead atoms. The molecule has 26 heavy (non-hydrogen) atoms. The zero-order valence-corrected chi connectivity index (χ0v) is 16.0. The Morgan fingerprint density at radius 3 is 2.35 bits per heavy atom. The van der Waals surface area contributed by atoms with Gasteiger partial charge in [0, 0.05) is 44.9 Å². The lowest BCUT2D eigenvalue weighted by Crippen LogP contribution is -2.48. The second-order valence-electron chi connectivity index (χ2n) is 6.13. The van der Waals surface area contributed by atoms with E-state index in [2.05, 4.69) is 10.1 Å². The second-order valence-corrected chi connectivity index (χ2v) is 8.06. The fourth-order valence-electron chi connectivity index (χ4n) is 2.98. The highest BCUT2D eigenvalue weighted by Gasteiger charge is 2.29. The summed E-state index contributed by atoms with van der Waals surface area (Å²) < 4.78 is 42.8. The van der Waals surface area contributed by atoms with Gasteiger partial charge in [0.15, 0.2) is 11.5 Å². The molecule has 1 aliphatic heterocycles. The fraction of sp³-hybridized carbons (Fsp3) is 0.471. The zero-order chi connectivity index (χ0) is 18.7. The molecule has 1 fully saturated rings. The van der Waals surface area contributed by atoms with Crippen LogP contribution in [0.4, 0.5) is 0 Å². The molecule has 0 aliphatic carbocycles. The van der Waals surface area contributed by atoms with Crippen molar-refractivity contribution in [1.82, 2.24) is 14.4 Å². The predicted molar refractivity (Wildman–Crippen MR) is 94.8 cm³/mol. The Morgan fingerprint density at radius 2 is 1.77 bits per heavy atom. The smallest absolute Gasteiger partial charge is 0.243 e. The van der Waals surface area contributed by atoms with Gasteiger partial charge in [-0.25, -0.2) is 8.42 Å². The van der Waals surface area contributed by atoms with Crippen molar-refractivity contribution in [2.45, 2.75) is 18.4 Å². The summed E-state index contributed by atoms with van der Waals surface area (Å²) in [6, 6.07) is 6.54. The zero-order valence-electron chi connectivity index (χ0n) is 15.1. The number of rotatable bonds is 6. The summed E-state index contributed by atoms with van der Waals surface area (Å²) in [6.45, 7) is 4.63. The van der Waals surface area contributed by atoms with Crippen LogP contribution in [0.2, 0.25) is 0 Å². The van der Waals surface area contributed by atoms with Gasteiger partial charge in [-0.1, -0.05) is 5.16 Å². The van der Waals surface area contributed by atoms with E-state index in [4.69, 9.17) is 14.0 Å². The fourth-order valence-corrected chi connectivity index (χ4v) is 4.41. The molecule has 1 aliphatic rings. The van der Waals surface area contributed by atoms with Crippen LogP contribution in [-0.2, 0) is 16.6 Å². The first kappa shape index (κ1) is 18.7. The summed E-state index contributed by atoms with van der Waals surface area (Å²) in [7, 11) is -0.575. The lowest BCUT2D eigenvalue weighted by molar-refractivity contribution is 0.177. The highest BCUT2D eigenvalue weighted by Crippen LogP contribution is 2.30. The molecule has 0 spiro atoms. The topological polar surface area (TPSA) is 85.1 Å². The number of sulfonamides is 1. The molecular formula is C17H23N3O5S. The van der Waals surface area contributed by atoms with Crippen LogP contribution in [0.25, 0.3) is 0 Å². The number of aryl methyl sites for hydroxylation is 1. The van der Waals surface area contributed by atoms with E-state index in [0.717, 1.165) is 11.5 Å². The standard InChI is InChI=1S/C17H23N3O5S/c1-13-10-14(18-25-13)12-19-6-8-20(9-7-19)26(21,22)15-4-5-16(23-2)17(11-15)24-3/h4-5,10-11H,6-9,12H2,1-3H3. The van der Waals surface area contributed by atoms with Gasteiger partial charge >= 0.3 is 0 Å². The van der Waals surface area contributed by atoms with Crippen LogP contribution < -0.4 is 9.47 Å². The van der Waals surface area contributed by atoms with Gasteiger partial charge in [-0.3, -0.25) is 4.90 Å². The van der Waals surface area contributed by atoms with Gasteiger partial charge in [0.1, 0.15) is 5.76 Å². The molecular weight excluding hydrogens is 358 g/mol. The molecule has 0 atom stereocenters. The van der Waals surface area contributed by atoms with Crippen LogP contribution in [0.3, 0.4) is 0 Å². The predicted octanol–water partition coefficient (Wildman–Crippen LogP) is 1.51. The molecule has 0 radical (unpaired) electrons. The Labute approximate surface area is 153 Å². The van der Waals surface area contributed by atoms with Gasteiger partial charge in [0.2, 0.25) is 10.0 Å². The van der Waals surface area contributed by atoms with Crippen LogP contribution in [-0.4, -0.2) is 63.2 Å². The van der Waals surface area contributed by atoms with E-state index in [9.17, 15) is 8.42 Å². The Hall–Kier alpha value is -2.10. The molecule has 9 heteroatoms. The maximum absolute atomic E-state index is 12.9. The van der Waals surface area contributed by atoms with Crippen molar-refractivity contribution < 1.29 is 22.4 Å². The minimum atomic E-state index is -3.57. The molecule has 1 aromatic heterocycles. The summed E-state index contributed by atoms with van der Waals surface area (Å²) in [5.41, 5.74) is 0.860. The SMILES string of the molecule is COc1ccc(S(=O)(=O)N2CCN(Cc3cc(C)on3)CC2)cc1OC. The van der Waals surface area contributed by atoms with E-state index in [1.807, 2.05) is 13.0 Å². The largest absolute Gasteiger partial charge is 0.493 e. The highest BCUT2D eigenvalue weighted by atomic mass is 32.2. The summed E-state index contributed by atoms with van der Waals surface area (Å²) in [5.74, 6) is 1.67. The van der Waals surface area contributed by atoms with Crippen LogP contribution in [0.5, 0.6) is 11.5 Å². The van der Waals surface area contributed by atoms with Gasteiger partial charge in [-0.2, -0.15) is 4.31 Å². The maximum atomic E-state index is 12.9. The number of ether oxygens (including phenoxy) is 2. The minimum Gasteiger partial charge on any atom is -0.493 e. The first-order valence-electron chi connectivity index (χ1n) is 8.31. The van der Waals surface area contributed by atoms with Crippen molar-refractivity contribution in [3.05, 3.63) is 35.7 Å². The molecule has 0 amide bonds. The van der Waals surface area contributed by atoms with Gasteiger partial charge in [-0.15, -0.1) is 0 Å². The average Bonchev–Trinajstić information content (AvgIpc) is 3.06. The van der Waals surface area contributed by atoms with Crippen molar-refractivity contribution in [2.24, 2.45) is 0 Å². The third kappa shape index (κ3) is 3.84. The third-order valence-electron chi connectivity index (χ3n) is 4.39. The molecule has 1 saturated heterocycles. The van der Waals surface area contributed by atoms with Crippen molar-refractivity contribution in [3.63, 3.8) is 0 Å². The van der Waals surface area contributed by atoms with Crippen LogP contribution in [0.15, 0.2) is 33.7 Å². The van der Waals surface area contributed by atoms with Gasteiger partial charge in [0.25, 0.3) is 0 Å². The van der Waals surface area contributed by atoms with Crippen LogP contribution in [0.1, 0.15) is 11.5 Å². The average molecular weight is 381 g/mol. The summed E-state index contributed by atoms with van der Waals surface area (Å²) in [5, 5.41) is 3.99. The number of hydrogen-bond acceptors (Lipinski definition) is 7. The Kier molecular flexibility index (Phi) is 5.49. The lowest BCUT2D eigenvalue weighted by Gasteiger charge is -2.33. The lowest BCUT2D eigenvalue weighted by atomic mass is 10.3. The van der Waals surface area contributed by atoms with Crippen molar-refractivity contribution in [3.8, 4) is 11.5 Å². The normalized spacial score (nSPS) is 16.6. The monoisotopic (exact) mass is 381 g/mol. The number of aromatic nitrogens is 1. The number of piperazine rings is 1. The number of methoxy groups -OCH3 is 2. The maximum Gasteiger partial charge on any atom is 0.243 e. The second kappa shape index (κ2) is 7.65. The molecule has 0 N–H and O–H groups in total. The van der Waals surface area contributed by atoms with Crippen molar-refractivity contribution >= 4 is 10.0 Å². The Morgan fingerprint density at radius 1 is 1.08 bits per heavy atom. The Balaban J connectivity index is 1.68. The first-order valence-corrected chi connectivity index (χ1v) is 9.75. The quantitative estimate of drug-likeness (QED) is 0.750. The molecule has 2 aromatic rings. The minimum absolute atomic E-state index is 0.204. The summed E-state index contributed by atoms with van der Waals surface area (Å²) in [4.78, 5) is 2.37. The van der Waals surface area contributed by atoms with Gasteiger partial charge in [-0.05, 0) is 19.1 Å². The first-order chi connectivity index (χ1) is 12.4. The highest BCUT2D eigenvalue weighted by molar-refractivity contribution is 7.89. The van der Waals surface area contributed by atoms with Crippen LogP contribution >= 0.6 is 0 Å². The Bertz CT molecular complexity index is 857. The van der Waals surface area contributed by atoms with E-state index in [0.29, 0.717) is 44.2 Å².